The quantitative estimate of drug-likeness (QED) is 0.679. The molecule has 1 aromatic heterocycles. The SMILES string of the molecule is CC(=O)OCc1nccc(C2CC2)n1. The Morgan fingerprint density at radius 1 is 1.64 bits per heavy atom. The van der Waals surface area contributed by atoms with E-state index in [9.17, 15) is 4.79 Å². The van der Waals surface area contributed by atoms with Gasteiger partial charge in [0.15, 0.2) is 12.4 Å². The van der Waals surface area contributed by atoms with Crippen molar-refractivity contribution in [2.75, 3.05) is 0 Å². The third-order valence-electron chi connectivity index (χ3n) is 2.13. The monoisotopic (exact) mass is 192 g/mol. The fourth-order valence-corrected chi connectivity index (χ4v) is 1.26. The fourth-order valence-electron chi connectivity index (χ4n) is 1.26. The summed E-state index contributed by atoms with van der Waals surface area (Å²) in [4.78, 5) is 18.9. The van der Waals surface area contributed by atoms with Gasteiger partial charge in [0.1, 0.15) is 0 Å². The lowest BCUT2D eigenvalue weighted by Gasteiger charge is -2.02. The highest BCUT2D eigenvalue weighted by molar-refractivity contribution is 5.65. The second-order valence-corrected chi connectivity index (χ2v) is 3.45. The molecule has 4 nitrogen and oxygen atoms in total. The van der Waals surface area contributed by atoms with E-state index in [2.05, 4.69) is 9.97 Å². The topological polar surface area (TPSA) is 52.1 Å². The number of hydrogen-bond acceptors (Lipinski definition) is 4. The number of hydrogen-bond donors (Lipinski definition) is 0. The standard InChI is InChI=1S/C10H12N2O2/c1-7(13)14-6-10-11-5-4-9(12-10)8-2-3-8/h4-5,8H,2-3,6H2,1H3. The van der Waals surface area contributed by atoms with Crippen LogP contribution in [-0.4, -0.2) is 15.9 Å². The summed E-state index contributed by atoms with van der Waals surface area (Å²) in [5, 5.41) is 0. The van der Waals surface area contributed by atoms with Gasteiger partial charge >= 0.3 is 5.97 Å². The molecule has 0 N–H and O–H groups in total. The number of esters is 1. The maximum atomic E-state index is 10.6. The molecular formula is C10H12N2O2. The highest BCUT2D eigenvalue weighted by Gasteiger charge is 2.25. The first-order valence-corrected chi connectivity index (χ1v) is 4.71. The Labute approximate surface area is 82.3 Å². The van der Waals surface area contributed by atoms with E-state index in [1.54, 1.807) is 6.20 Å². The van der Waals surface area contributed by atoms with Crippen molar-refractivity contribution in [3.8, 4) is 0 Å². The third-order valence-corrected chi connectivity index (χ3v) is 2.13. The molecule has 1 aliphatic rings. The van der Waals surface area contributed by atoms with Crippen LogP contribution in [-0.2, 0) is 16.1 Å². The molecule has 0 amide bonds. The van der Waals surface area contributed by atoms with Gasteiger partial charge in [-0.05, 0) is 18.9 Å². The Kier molecular flexibility index (Phi) is 2.43. The van der Waals surface area contributed by atoms with E-state index in [1.165, 1.54) is 19.8 Å². The van der Waals surface area contributed by atoms with Crippen LogP contribution >= 0.6 is 0 Å². The summed E-state index contributed by atoms with van der Waals surface area (Å²) in [7, 11) is 0. The molecule has 0 unspecified atom stereocenters. The first-order valence-electron chi connectivity index (χ1n) is 4.71. The van der Waals surface area contributed by atoms with Gasteiger partial charge in [-0.25, -0.2) is 9.97 Å². The van der Waals surface area contributed by atoms with Crippen molar-refractivity contribution in [3.05, 3.63) is 23.8 Å². The van der Waals surface area contributed by atoms with Gasteiger partial charge in [0, 0.05) is 24.7 Å². The van der Waals surface area contributed by atoms with Crippen molar-refractivity contribution in [1.29, 1.82) is 0 Å². The predicted octanol–water partition coefficient (Wildman–Crippen LogP) is 1.42. The summed E-state index contributed by atoms with van der Waals surface area (Å²) in [5.41, 5.74) is 1.07. The second-order valence-electron chi connectivity index (χ2n) is 3.45. The largest absolute Gasteiger partial charge is 0.458 e. The minimum absolute atomic E-state index is 0.176. The number of ether oxygens (including phenoxy) is 1. The zero-order valence-electron chi connectivity index (χ0n) is 8.06. The van der Waals surface area contributed by atoms with E-state index in [1.807, 2.05) is 6.07 Å². The van der Waals surface area contributed by atoms with Crippen molar-refractivity contribution >= 4 is 5.97 Å². The molecule has 2 rings (SSSR count). The van der Waals surface area contributed by atoms with Crippen LogP contribution in [0.2, 0.25) is 0 Å². The van der Waals surface area contributed by atoms with Crippen LogP contribution in [0.5, 0.6) is 0 Å². The smallest absolute Gasteiger partial charge is 0.303 e. The minimum Gasteiger partial charge on any atom is -0.458 e. The summed E-state index contributed by atoms with van der Waals surface area (Å²) in [6, 6.07) is 1.93. The van der Waals surface area contributed by atoms with E-state index in [4.69, 9.17) is 4.74 Å². The Bertz CT molecular complexity index is 348. The lowest BCUT2D eigenvalue weighted by molar-refractivity contribution is -0.142. The van der Waals surface area contributed by atoms with Gasteiger partial charge in [-0.15, -0.1) is 0 Å². The van der Waals surface area contributed by atoms with Gasteiger partial charge in [-0.2, -0.15) is 0 Å². The second kappa shape index (κ2) is 3.74. The molecule has 1 heterocycles. The Morgan fingerprint density at radius 3 is 3.07 bits per heavy atom. The van der Waals surface area contributed by atoms with Crippen molar-refractivity contribution in [3.63, 3.8) is 0 Å². The molecule has 14 heavy (non-hydrogen) atoms. The molecule has 0 spiro atoms. The average molecular weight is 192 g/mol. The molecule has 0 atom stereocenters. The Morgan fingerprint density at radius 2 is 2.43 bits per heavy atom. The van der Waals surface area contributed by atoms with Crippen molar-refractivity contribution in [2.45, 2.75) is 32.3 Å². The maximum Gasteiger partial charge on any atom is 0.303 e. The summed E-state index contributed by atoms with van der Waals surface area (Å²) < 4.78 is 4.82. The molecule has 0 saturated heterocycles. The summed E-state index contributed by atoms with van der Waals surface area (Å²) >= 11 is 0. The molecule has 1 aliphatic carbocycles. The molecule has 4 heteroatoms. The van der Waals surface area contributed by atoms with Crippen LogP contribution in [0, 0.1) is 0 Å². The van der Waals surface area contributed by atoms with Gasteiger partial charge in [0.2, 0.25) is 0 Å². The molecule has 1 fully saturated rings. The number of carbonyl (C=O) groups excluding carboxylic acids is 1. The number of rotatable bonds is 3. The van der Waals surface area contributed by atoms with E-state index < -0.39 is 0 Å². The lowest BCUT2D eigenvalue weighted by atomic mass is 10.3. The summed E-state index contributed by atoms with van der Waals surface area (Å²) in [6.07, 6.45) is 4.15. The number of nitrogens with zero attached hydrogens (tertiary/aromatic N) is 2. The predicted molar refractivity (Wildman–Crippen MR) is 49.5 cm³/mol. The zero-order valence-corrected chi connectivity index (χ0v) is 8.06. The highest BCUT2D eigenvalue weighted by Crippen LogP contribution is 2.38. The van der Waals surface area contributed by atoms with E-state index in [-0.39, 0.29) is 12.6 Å². The molecule has 1 aromatic rings. The number of carbonyl (C=O) groups is 1. The van der Waals surface area contributed by atoms with Crippen LogP contribution in [0.1, 0.15) is 37.2 Å². The first-order chi connectivity index (χ1) is 6.75. The fraction of sp³-hybridized carbons (Fsp3) is 0.500. The lowest BCUT2D eigenvalue weighted by Crippen LogP contribution is -2.04. The van der Waals surface area contributed by atoms with Gasteiger partial charge < -0.3 is 4.74 Å². The Balaban J connectivity index is 2.02. The van der Waals surface area contributed by atoms with Crippen LogP contribution in [0.3, 0.4) is 0 Å². The normalized spacial score (nSPS) is 15.2. The molecule has 0 aromatic carbocycles. The maximum absolute atomic E-state index is 10.6. The zero-order chi connectivity index (χ0) is 9.97. The molecule has 0 radical (unpaired) electrons. The van der Waals surface area contributed by atoms with Crippen LogP contribution in [0.15, 0.2) is 12.3 Å². The molecule has 1 saturated carbocycles. The average Bonchev–Trinajstić information content (AvgIpc) is 2.98. The van der Waals surface area contributed by atoms with Crippen LogP contribution in [0.4, 0.5) is 0 Å². The van der Waals surface area contributed by atoms with Gasteiger partial charge in [-0.1, -0.05) is 0 Å². The van der Waals surface area contributed by atoms with E-state index in [0.29, 0.717) is 11.7 Å². The first kappa shape index (κ1) is 9.12. The van der Waals surface area contributed by atoms with E-state index >= 15 is 0 Å². The van der Waals surface area contributed by atoms with Crippen molar-refractivity contribution in [2.24, 2.45) is 0 Å². The summed E-state index contributed by atoms with van der Waals surface area (Å²) in [6.45, 7) is 1.56. The van der Waals surface area contributed by atoms with Crippen molar-refractivity contribution in [1.82, 2.24) is 9.97 Å². The number of aromatic nitrogens is 2. The molecule has 74 valence electrons. The third kappa shape index (κ3) is 2.28. The van der Waals surface area contributed by atoms with Crippen LogP contribution < -0.4 is 0 Å². The minimum atomic E-state index is -0.301. The van der Waals surface area contributed by atoms with Crippen LogP contribution in [0.25, 0.3) is 0 Å². The van der Waals surface area contributed by atoms with Gasteiger partial charge in [-0.3, -0.25) is 4.79 Å². The van der Waals surface area contributed by atoms with Gasteiger partial charge in [0.25, 0.3) is 0 Å². The molecular weight excluding hydrogens is 180 g/mol. The van der Waals surface area contributed by atoms with E-state index in [0.717, 1.165) is 5.69 Å². The summed E-state index contributed by atoms with van der Waals surface area (Å²) in [5.74, 6) is 0.893. The highest BCUT2D eigenvalue weighted by atomic mass is 16.5. The molecule has 0 bridgehead atoms. The molecule has 0 aliphatic heterocycles. The van der Waals surface area contributed by atoms with Gasteiger partial charge in [0.05, 0.1) is 0 Å². The Hall–Kier alpha value is -1.45. The van der Waals surface area contributed by atoms with Crippen molar-refractivity contribution < 1.29 is 9.53 Å².